The van der Waals surface area contributed by atoms with E-state index in [1.54, 1.807) is 6.92 Å². The number of rotatable bonds is 2. The highest BCUT2D eigenvalue weighted by Gasteiger charge is 2.35. The minimum atomic E-state index is 0.137. The van der Waals surface area contributed by atoms with E-state index in [9.17, 15) is 4.79 Å². The van der Waals surface area contributed by atoms with Gasteiger partial charge in [-0.25, -0.2) is 0 Å². The number of alkyl halides is 1. The first kappa shape index (κ1) is 8.95. The Labute approximate surface area is 86.3 Å². The van der Waals surface area contributed by atoms with Gasteiger partial charge in [-0.3, -0.25) is 4.79 Å². The van der Waals surface area contributed by atoms with Crippen LogP contribution in [0.2, 0.25) is 0 Å². The quantitative estimate of drug-likeness (QED) is 0.572. The average Bonchev–Trinajstić information content (AvgIpc) is 2.83. The van der Waals surface area contributed by atoms with Crippen LogP contribution in [-0.2, 0) is 0 Å². The van der Waals surface area contributed by atoms with E-state index in [-0.39, 0.29) is 5.78 Å². The van der Waals surface area contributed by atoms with Gasteiger partial charge in [-0.2, -0.15) is 0 Å². The van der Waals surface area contributed by atoms with Gasteiger partial charge in [-0.05, 0) is 24.8 Å². The van der Waals surface area contributed by atoms with Gasteiger partial charge < -0.3 is 0 Å². The summed E-state index contributed by atoms with van der Waals surface area (Å²) >= 11 is 3.57. The lowest BCUT2D eigenvalue weighted by Crippen LogP contribution is -1.91. The molecule has 0 heterocycles. The van der Waals surface area contributed by atoms with Crippen molar-refractivity contribution in [1.29, 1.82) is 0 Å². The van der Waals surface area contributed by atoms with Gasteiger partial charge in [0.15, 0.2) is 5.78 Å². The molecule has 0 spiro atoms. The number of hydrogen-bond donors (Lipinski definition) is 0. The third kappa shape index (κ3) is 1.83. The van der Waals surface area contributed by atoms with Crippen LogP contribution in [0, 0.1) is 0 Å². The molecule has 1 aromatic carbocycles. The van der Waals surface area contributed by atoms with E-state index < -0.39 is 0 Å². The van der Waals surface area contributed by atoms with Crippen molar-refractivity contribution in [2.24, 2.45) is 0 Å². The summed E-state index contributed by atoms with van der Waals surface area (Å²) in [5.41, 5.74) is 2.14. The summed E-state index contributed by atoms with van der Waals surface area (Å²) in [4.78, 5) is 11.6. The molecule has 0 aliphatic heterocycles. The minimum absolute atomic E-state index is 0.137. The van der Waals surface area contributed by atoms with E-state index in [1.165, 1.54) is 12.0 Å². The number of carbonyl (C=O) groups excluding carboxylic acids is 1. The Kier molecular flexibility index (Phi) is 2.24. The van der Waals surface area contributed by atoms with Gasteiger partial charge in [0.05, 0.1) is 0 Å². The highest BCUT2D eigenvalue weighted by molar-refractivity contribution is 9.09. The normalized spacial score (nSPS) is 25.7. The van der Waals surface area contributed by atoms with E-state index in [2.05, 4.69) is 28.1 Å². The molecule has 0 N–H and O–H groups in total. The third-order valence-corrected chi connectivity index (χ3v) is 3.47. The molecule has 0 amide bonds. The molecule has 1 aliphatic rings. The summed E-state index contributed by atoms with van der Waals surface area (Å²) in [6, 6.07) is 7.94. The number of halogens is 1. The van der Waals surface area contributed by atoms with Gasteiger partial charge in [-0.15, -0.1) is 0 Å². The van der Waals surface area contributed by atoms with Crippen molar-refractivity contribution < 1.29 is 4.79 Å². The smallest absolute Gasteiger partial charge is 0.159 e. The van der Waals surface area contributed by atoms with Crippen molar-refractivity contribution in [2.45, 2.75) is 24.1 Å². The van der Waals surface area contributed by atoms with E-state index in [4.69, 9.17) is 0 Å². The van der Waals surface area contributed by atoms with Crippen LogP contribution in [0.15, 0.2) is 24.3 Å². The second-order valence-electron chi connectivity index (χ2n) is 3.54. The van der Waals surface area contributed by atoms with Gasteiger partial charge in [0.25, 0.3) is 0 Å². The average molecular weight is 239 g/mol. The summed E-state index contributed by atoms with van der Waals surface area (Å²) < 4.78 is 0. The third-order valence-electron chi connectivity index (χ3n) is 2.46. The molecular weight excluding hydrogens is 228 g/mol. The second kappa shape index (κ2) is 3.26. The molecule has 1 aromatic rings. The largest absolute Gasteiger partial charge is 0.295 e. The highest BCUT2D eigenvalue weighted by atomic mass is 79.9. The predicted octanol–water partition coefficient (Wildman–Crippen LogP) is 3.14. The summed E-state index contributed by atoms with van der Waals surface area (Å²) in [6.45, 7) is 1.60. The van der Waals surface area contributed by atoms with Crippen molar-refractivity contribution in [1.82, 2.24) is 0 Å². The van der Waals surface area contributed by atoms with E-state index >= 15 is 0 Å². The van der Waals surface area contributed by atoms with Crippen LogP contribution in [0.1, 0.15) is 35.2 Å². The van der Waals surface area contributed by atoms with Crippen LogP contribution < -0.4 is 0 Å². The zero-order chi connectivity index (χ0) is 9.42. The Balaban J connectivity index is 2.19. The van der Waals surface area contributed by atoms with Gasteiger partial charge >= 0.3 is 0 Å². The maximum absolute atomic E-state index is 11.0. The van der Waals surface area contributed by atoms with E-state index in [0.717, 1.165) is 5.56 Å². The fourth-order valence-electron chi connectivity index (χ4n) is 1.47. The molecule has 2 atom stereocenters. The van der Waals surface area contributed by atoms with Crippen LogP contribution in [0.3, 0.4) is 0 Å². The highest BCUT2D eigenvalue weighted by Crippen LogP contribution is 2.46. The Morgan fingerprint density at radius 1 is 1.38 bits per heavy atom. The molecule has 1 fully saturated rings. The minimum Gasteiger partial charge on any atom is -0.295 e. The molecule has 0 bridgehead atoms. The SMILES string of the molecule is CC(=O)c1ccc([C@@H]2C[C@@H]2Br)cc1. The molecular formula is C11H11BrO. The van der Waals surface area contributed by atoms with Crippen molar-refractivity contribution in [3.8, 4) is 0 Å². The van der Waals surface area contributed by atoms with Crippen molar-refractivity contribution in [3.63, 3.8) is 0 Å². The maximum atomic E-state index is 11.0. The molecule has 2 heteroatoms. The first-order valence-electron chi connectivity index (χ1n) is 4.43. The lowest BCUT2D eigenvalue weighted by atomic mass is 10.1. The lowest BCUT2D eigenvalue weighted by molar-refractivity contribution is 0.101. The maximum Gasteiger partial charge on any atom is 0.159 e. The number of carbonyl (C=O) groups is 1. The number of benzene rings is 1. The predicted molar refractivity (Wildman–Crippen MR) is 56.5 cm³/mol. The molecule has 68 valence electrons. The Hall–Kier alpha value is -0.630. The monoisotopic (exact) mass is 238 g/mol. The second-order valence-corrected chi connectivity index (χ2v) is 4.71. The summed E-state index contributed by atoms with van der Waals surface area (Å²) in [5, 5.41) is 0. The molecule has 0 aromatic heterocycles. The summed E-state index contributed by atoms with van der Waals surface area (Å²) in [7, 11) is 0. The van der Waals surface area contributed by atoms with Crippen LogP contribution >= 0.6 is 15.9 Å². The van der Waals surface area contributed by atoms with Crippen molar-refractivity contribution in [2.75, 3.05) is 0 Å². The topological polar surface area (TPSA) is 17.1 Å². The van der Waals surface area contributed by atoms with E-state index in [1.807, 2.05) is 12.1 Å². The van der Waals surface area contributed by atoms with Gasteiger partial charge in [-0.1, -0.05) is 40.2 Å². The van der Waals surface area contributed by atoms with Crippen molar-refractivity contribution >= 4 is 21.7 Å². The van der Waals surface area contributed by atoms with Crippen LogP contribution in [-0.4, -0.2) is 10.6 Å². The zero-order valence-electron chi connectivity index (χ0n) is 7.46. The number of hydrogen-bond acceptors (Lipinski definition) is 1. The molecule has 0 radical (unpaired) electrons. The Morgan fingerprint density at radius 2 is 1.92 bits per heavy atom. The van der Waals surface area contributed by atoms with Crippen LogP contribution in [0.4, 0.5) is 0 Å². The standard InChI is InChI=1S/C11H11BrO/c1-7(13)8-2-4-9(5-3-8)10-6-11(10)12/h2-5,10-11H,6H2,1H3/t10-,11-/m0/s1. The Bertz CT molecular complexity index is 328. The first-order chi connectivity index (χ1) is 6.18. The lowest BCUT2D eigenvalue weighted by Gasteiger charge is -1.99. The molecule has 0 unspecified atom stereocenters. The first-order valence-corrected chi connectivity index (χ1v) is 5.35. The molecule has 0 saturated heterocycles. The zero-order valence-corrected chi connectivity index (χ0v) is 9.04. The molecule has 1 saturated carbocycles. The molecule has 1 aliphatic carbocycles. The van der Waals surface area contributed by atoms with Gasteiger partial charge in [0.1, 0.15) is 0 Å². The number of Topliss-reactive ketones (excluding diaryl/α,β-unsaturated/α-hetero) is 1. The van der Waals surface area contributed by atoms with Gasteiger partial charge in [0.2, 0.25) is 0 Å². The fourth-order valence-corrected chi connectivity index (χ4v) is 2.18. The fraction of sp³-hybridized carbons (Fsp3) is 0.364. The molecule has 2 rings (SSSR count). The van der Waals surface area contributed by atoms with Crippen molar-refractivity contribution in [3.05, 3.63) is 35.4 Å². The summed E-state index contributed by atoms with van der Waals surface area (Å²) in [5.74, 6) is 0.804. The molecule has 13 heavy (non-hydrogen) atoms. The number of ketones is 1. The summed E-state index contributed by atoms with van der Waals surface area (Å²) in [6.07, 6.45) is 1.22. The van der Waals surface area contributed by atoms with Gasteiger partial charge in [0, 0.05) is 10.4 Å². The Morgan fingerprint density at radius 3 is 2.31 bits per heavy atom. The van der Waals surface area contributed by atoms with Crippen LogP contribution in [0.25, 0.3) is 0 Å². The van der Waals surface area contributed by atoms with E-state index in [0.29, 0.717) is 10.7 Å². The molecule has 1 nitrogen and oxygen atoms in total. The van der Waals surface area contributed by atoms with Crippen LogP contribution in [0.5, 0.6) is 0 Å².